The highest BCUT2D eigenvalue weighted by Crippen LogP contribution is 2.16. The second-order valence-corrected chi connectivity index (χ2v) is 5.84. The number of nitrogens with zero attached hydrogens (tertiary/aromatic N) is 2. The lowest BCUT2D eigenvalue weighted by Gasteiger charge is -2.08. The van der Waals surface area contributed by atoms with Gasteiger partial charge in [-0.1, -0.05) is 18.2 Å². The third-order valence-electron chi connectivity index (χ3n) is 3.95. The molecule has 0 bridgehead atoms. The first-order chi connectivity index (χ1) is 13.6. The second-order valence-electron chi connectivity index (χ2n) is 5.84. The van der Waals surface area contributed by atoms with Crippen LogP contribution in [0.2, 0.25) is 0 Å². The summed E-state index contributed by atoms with van der Waals surface area (Å²) in [5.74, 6) is -0.728. The third kappa shape index (κ3) is 4.21. The average Bonchev–Trinajstić information content (AvgIpc) is 2.74. The maximum atomic E-state index is 12.4. The Morgan fingerprint density at radius 2 is 1.36 bits per heavy atom. The van der Waals surface area contributed by atoms with E-state index in [0.717, 1.165) is 0 Å². The minimum absolute atomic E-state index is 0.350. The summed E-state index contributed by atoms with van der Waals surface area (Å²) in [6.45, 7) is 0. The Hall–Kier alpha value is -4.42. The molecule has 0 heterocycles. The first-order valence-corrected chi connectivity index (χ1v) is 8.33. The molecule has 0 spiro atoms. The van der Waals surface area contributed by atoms with E-state index in [-0.39, 0.29) is 11.8 Å². The van der Waals surface area contributed by atoms with Crippen LogP contribution < -0.4 is 10.6 Å². The highest BCUT2D eigenvalue weighted by Gasteiger charge is 2.11. The van der Waals surface area contributed by atoms with Crippen LogP contribution in [0.1, 0.15) is 31.8 Å². The Bertz CT molecular complexity index is 1120. The Morgan fingerprint density at radius 1 is 0.714 bits per heavy atom. The molecular weight excluding hydrogens is 352 g/mol. The quantitative estimate of drug-likeness (QED) is 0.729. The molecule has 0 saturated heterocycles. The predicted molar refractivity (Wildman–Crippen MR) is 105 cm³/mol. The maximum absolute atomic E-state index is 12.4. The number of carbonyl (C=O) groups excluding carboxylic acids is 2. The molecule has 134 valence electrons. The van der Waals surface area contributed by atoms with Crippen LogP contribution in [0.4, 0.5) is 11.4 Å². The van der Waals surface area contributed by atoms with Crippen LogP contribution in [0.3, 0.4) is 0 Å². The number of hydrogen-bond acceptors (Lipinski definition) is 4. The molecule has 2 N–H and O–H groups in total. The van der Waals surface area contributed by atoms with E-state index >= 15 is 0 Å². The molecule has 0 unspecified atom stereocenters. The number of nitriles is 2. The van der Waals surface area contributed by atoms with Gasteiger partial charge in [-0.25, -0.2) is 0 Å². The van der Waals surface area contributed by atoms with Gasteiger partial charge in [0, 0.05) is 16.8 Å². The van der Waals surface area contributed by atoms with Gasteiger partial charge in [0.25, 0.3) is 11.8 Å². The minimum Gasteiger partial charge on any atom is -0.322 e. The van der Waals surface area contributed by atoms with Crippen molar-refractivity contribution in [2.45, 2.75) is 0 Å². The molecule has 6 nitrogen and oxygen atoms in total. The highest BCUT2D eigenvalue weighted by atomic mass is 16.2. The summed E-state index contributed by atoms with van der Waals surface area (Å²) in [5.41, 5.74) is 2.48. The molecular formula is C22H14N4O2. The molecule has 6 heteroatoms. The van der Waals surface area contributed by atoms with Gasteiger partial charge in [0.15, 0.2) is 0 Å². The van der Waals surface area contributed by atoms with E-state index in [0.29, 0.717) is 33.6 Å². The summed E-state index contributed by atoms with van der Waals surface area (Å²) < 4.78 is 0. The first kappa shape index (κ1) is 18.4. The molecule has 2 amide bonds. The van der Waals surface area contributed by atoms with Gasteiger partial charge < -0.3 is 10.6 Å². The van der Waals surface area contributed by atoms with Crippen LogP contribution in [0.15, 0.2) is 72.8 Å². The van der Waals surface area contributed by atoms with E-state index in [2.05, 4.69) is 10.6 Å². The number of benzene rings is 3. The third-order valence-corrected chi connectivity index (χ3v) is 3.95. The Morgan fingerprint density at radius 3 is 2.00 bits per heavy atom. The summed E-state index contributed by atoms with van der Waals surface area (Å²) in [6.07, 6.45) is 0. The van der Waals surface area contributed by atoms with Gasteiger partial charge in [-0.2, -0.15) is 10.5 Å². The number of hydrogen-bond donors (Lipinski definition) is 2. The molecule has 0 aliphatic rings. The van der Waals surface area contributed by atoms with Crippen molar-refractivity contribution in [1.29, 1.82) is 10.5 Å². The van der Waals surface area contributed by atoms with Crippen molar-refractivity contribution in [3.8, 4) is 12.1 Å². The molecule has 3 rings (SSSR count). The highest BCUT2D eigenvalue weighted by molar-refractivity contribution is 6.07. The standard InChI is InChI=1S/C22H14N4O2/c23-13-15-4-3-6-19(12-15)25-21(27)16-8-10-17(11-9-16)22(28)26-20-7-2-1-5-18(20)14-24/h1-12H,(H,25,27)(H,26,28). The van der Waals surface area contributed by atoms with Crippen molar-refractivity contribution < 1.29 is 9.59 Å². The van der Waals surface area contributed by atoms with Gasteiger partial charge in [0.05, 0.1) is 22.9 Å². The zero-order chi connectivity index (χ0) is 19.9. The van der Waals surface area contributed by atoms with Crippen LogP contribution in [-0.4, -0.2) is 11.8 Å². The molecule has 0 aromatic heterocycles. The van der Waals surface area contributed by atoms with Gasteiger partial charge in [-0.3, -0.25) is 9.59 Å². The van der Waals surface area contributed by atoms with Gasteiger partial charge in [0.2, 0.25) is 0 Å². The zero-order valence-electron chi connectivity index (χ0n) is 14.6. The van der Waals surface area contributed by atoms with E-state index in [1.165, 1.54) is 24.3 Å². The number of rotatable bonds is 4. The van der Waals surface area contributed by atoms with Crippen LogP contribution in [0.25, 0.3) is 0 Å². The Kier molecular flexibility index (Phi) is 5.45. The number of nitrogens with one attached hydrogen (secondary N) is 2. The normalized spacial score (nSPS) is 9.64. The molecule has 28 heavy (non-hydrogen) atoms. The lowest BCUT2D eigenvalue weighted by atomic mass is 10.1. The molecule has 3 aromatic carbocycles. The fraction of sp³-hybridized carbons (Fsp3) is 0. The molecule has 0 atom stereocenters. The van der Waals surface area contributed by atoms with E-state index < -0.39 is 0 Å². The molecule has 3 aromatic rings. The van der Waals surface area contributed by atoms with Gasteiger partial charge in [0.1, 0.15) is 6.07 Å². The van der Waals surface area contributed by atoms with E-state index in [9.17, 15) is 9.59 Å². The Labute approximate surface area is 161 Å². The molecule has 0 aliphatic heterocycles. The monoisotopic (exact) mass is 366 g/mol. The predicted octanol–water partition coefficient (Wildman–Crippen LogP) is 3.93. The van der Waals surface area contributed by atoms with Crippen molar-refractivity contribution in [1.82, 2.24) is 0 Å². The minimum atomic E-state index is -0.378. The van der Waals surface area contributed by atoms with E-state index in [1.54, 1.807) is 48.5 Å². The fourth-order valence-corrected chi connectivity index (χ4v) is 2.53. The van der Waals surface area contributed by atoms with Crippen molar-refractivity contribution in [3.05, 3.63) is 95.1 Å². The summed E-state index contributed by atoms with van der Waals surface area (Å²) >= 11 is 0. The van der Waals surface area contributed by atoms with E-state index in [4.69, 9.17) is 10.5 Å². The summed E-state index contributed by atoms with van der Waals surface area (Å²) in [6, 6.07) is 23.5. The Balaban J connectivity index is 1.70. The van der Waals surface area contributed by atoms with Gasteiger partial charge in [-0.05, 0) is 54.6 Å². The van der Waals surface area contributed by atoms with Gasteiger partial charge in [-0.15, -0.1) is 0 Å². The van der Waals surface area contributed by atoms with Crippen molar-refractivity contribution in [2.75, 3.05) is 10.6 Å². The number of para-hydroxylation sites is 1. The number of anilines is 2. The molecule has 0 fully saturated rings. The lowest BCUT2D eigenvalue weighted by Crippen LogP contribution is -2.15. The van der Waals surface area contributed by atoms with Crippen molar-refractivity contribution in [2.24, 2.45) is 0 Å². The maximum Gasteiger partial charge on any atom is 0.255 e. The average molecular weight is 366 g/mol. The summed E-state index contributed by atoms with van der Waals surface area (Å²) in [4.78, 5) is 24.7. The fourth-order valence-electron chi connectivity index (χ4n) is 2.53. The molecule has 0 radical (unpaired) electrons. The van der Waals surface area contributed by atoms with Crippen molar-refractivity contribution >= 4 is 23.2 Å². The zero-order valence-corrected chi connectivity index (χ0v) is 14.6. The largest absolute Gasteiger partial charge is 0.322 e. The smallest absolute Gasteiger partial charge is 0.255 e. The number of carbonyl (C=O) groups is 2. The topological polar surface area (TPSA) is 106 Å². The van der Waals surface area contributed by atoms with Crippen molar-refractivity contribution in [3.63, 3.8) is 0 Å². The summed E-state index contributed by atoms with van der Waals surface area (Å²) in [5, 5.41) is 23.4. The SMILES string of the molecule is N#Cc1cccc(NC(=O)c2ccc(C(=O)Nc3ccccc3C#N)cc2)c1. The number of amides is 2. The van der Waals surface area contributed by atoms with Crippen LogP contribution in [-0.2, 0) is 0 Å². The summed E-state index contributed by atoms with van der Waals surface area (Å²) in [7, 11) is 0. The van der Waals surface area contributed by atoms with Crippen LogP contribution >= 0.6 is 0 Å². The molecule has 0 aliphatic carbocycles. The van der Waals surface area contributed by atoms with Gasteiger partial charge >= 0.3 is 0 Å². The van der Waals surface area contributed by atoms with Crippen LogP contribution in [0, 0.1) is 22.7 Å². The second kappa shape index (κ2) is 8.31. The molecule has 0 saturated carbocycles. The lowest BCUT2D eigenvalue weighted by molar-refractivity contribution is 0.101. The van der Waals surface area contributed by atoms with Crippen LogP contribution in [0.5, 0.6) is 0 Å². The first-order valence-electron chi connectivity index (χ1n) is 8.33. The van der Waals surface area contributed by atoms with E-state index in [1.807, 2.05) is 12.1 Å².